The van der Waals surface area contributed by atoms with E-state index in [-0.39, 0.29) is 0 Å². The zero-order valence-electron chi connectivity index (χ0n) is 11.9. The van der Waals surface area contributed by atoms with Gasteiger partial charge >= 0.3 is 0 Å². The normalized spacial score (nSPS) is 15.0. The van der Waals surface area contributed by atoms with Gasteiger partial charge in [-0.2, -0.15) is 0 Å². The lowest BCUT2D eigenvalue weighted by molar-refractivity contribution is 0.123. The van der Waals surface area contributed by atoms with E-state index < -0.39 is 0 Å². The van der Waals surface area contributed by atoms with E-state index in [0.29, 0.717) is 0 Å². The number of anilines is 1. The summed E-state index contributed by atoms with van der Waals surface area (Å²) in [6.45, 7) is 5.48. The van der Waals surface area contributed by atoms with Crippen molar-refractivity contribution in [1.82, 2.24) is 10.6 Å². The van der Waals surface area contributed by atoms with Gasteiger partial charge in [0.1, 0.15) is 0 Å². The number of benzene rings is 1. The molecular formula is C14H22N4O. The molecule has 0 unspecified atom stereocenters. The van der Waals surface area contributed by atoms with Gasteiger partial charge in [0, 0.05) is 27.2 Å². The highest BCUT2D eigenvalue weighted by molar-refractivity contribution is 5.85. The van der Waals surface area contributed by atoms with Gasteiger partial charge in [0.25, 0.3) is 0 Å². The molecule has 0 atom stereocenters. The van der Waals surface area contributed by atoms with E-state index in [4.69, 9.17) is 4.74 Å². The highest BCUT2D eigenvalue weighted by Gasteiger charge is 2.14. The Bertz CT molecular complexity index is 447. The van der Waals surface area contributed by atoms with Crippen LogP contribution in [0.5, 0.6) is 0 Å². The van der Waals surface area contributed by atoms with Crippen molar-refractivity contribution in [3.8, 4) is 0 Å². The Balaban J connectivity index is 2.34. The predicted molar refractivity (Wildman–Crippen MR) is 79.4 cm³/mol. The molecule has 2 N–H and O–H groups in total. The molecule has 0 saturated carbocycles. The average Bonchev–Trinajstić information content (AvgIpc) is 2.46. The number of nitrogens with one attached hydrogen (secondary N) is 2. The van der Waals surface area contributed by atoms with Crippen molar-refractivity contribution in [3.63, 3.8) is 0 Å². The zero-order valence-corrected chi connectivity index (χ0v) is 11.9. The highest BCUT2D eigenvalue weighted by atomic mass is 16.5. The molecular weight excluding hydrogens is 240 g/mol. The number of nitrogens with zero attached hydrogens (tertiary/aromatic N) is 2. The molecule has 1 saturated heterocycles. The lowest BCUT2D eigenvalue weighted by atomic mass is 10.1. The standard InChI is InChI=1S/C14H22N4O/c1-11-4-5-13(18-6-8-19-9-7-18)12(10-11)17-14(15-2)16-3/h4-5,10H,6-9H2,1-3H3,(H2,15,16,17). The number of guanidine groups is 1. The number of aliphatic imine (C=N–C) groups is 1. The fourth-order valence-corrected chi connectivity index (χ4v) is 2.15. The molecule has 1 aromatic rings. The molecule has 5 heteroatoms. The second kappa shape index (κ2) is 6.43. The van der Waals surface area contributed by atoms with Crippen molar-refractivity contribution in [1.29, 1.82) is 0 Å². The number of rotatable bonds is 2. The van der Waals surface area contributed by atoms with Gasteiger partial charge in [-0.1, -0.05) is 6.07 Å². The monoisotopic (exact) mass is 262 g/mol. The Hall–Kier alpha value is -1.75. The summed E-state index contributed by atoms with van der Waals surface area (Å²) in [5, 5.41) is 6.09. The Morgan fingerprint density at radius 3 is 2.53 bits per heavy atom. The van der Waals surface area contributed by atoms with Crippen LogP contribution >= 0.6 is 0 Å². The van der Waals surface area contributed by atoms with E-state index in [0.717, 1.165) is 43.6 Å². The number of morpholine rings is 1. The van der Waals surface area contributed by atoms with Crippen LogP contribution in [0.2, 0.25) is 0 Å². The van der Waals surface area contributed by atoms with Gasteiger partial charge in [-0.3, -0.25) is 0 Å². The number of hydrogen-bond acceptors (Lipinski definition) is 3. The van der Waals surface area contributed by atoms with E-state index in [9.17, 15) is 0 Å². The fourth-order valence-electron chi connectivity index (χ4n) is 2.15. The lowest BCUT2D eigenvalue weighted by Crippen LogP contribution is -2.36. The summed E-state index contributed by atoms with van der Waals surface area (Å²) >= 11 is 0. The quantitative estimate of drug-likeness (QED) is 0.622. The van der Waals surface area contributed by atoms with E-state index in [1.807, 2.05) is 14.1 Å². The van der Waals surface area contributed by atoms with Crippen LogP contribution in [0, 0.1) is 6.92 Å². The van der Waals surface area contributed by atoms with E-state index in [1.54, 1.807) is 0 Å². The molecule has 0 aliphatic carbocycles. The fraction of sp³-hybridized carbons (Fsp3) is 0.500. The Morgan fingerprint density at radius 1 is 1.21 bits per heavy atom. The second-order valence-electron chi connectivity index (χ2n) is 4.55. The summed E-state index contributed by atoms with van der Waals surface area (Å²) < 4.78 is 5.41. The van der Waals surface area contributed by atoms with Crippen LogP contribution in [0.3, 0.4) is 0 Å². The number of ether oxygens (including phenoxy) is 1. The highest BCUT2D eigenvalue weighted by Crippen LogP contribution is 2.30. The van der Waals surface area contributed by atoms with E-state index in [1.165, 1.54) is 5.56 Å². The maximum atomic E-state index is 5.41. The summed E-state index contributed by atoms with van der Waals surface area (Å²) in [5.74, 6) is 0.764. The third-order valence-corrected chi connectivity index (χ3v) is 3.19. The molecule has 104 valence electrons. The zero-order chi connectivity index (χ0) is 13.7. The van der Waals surface area contributed by atoms with Crippen molar-refractivity contribution in [2.75, 3.05) is 45.3 Å². The summed E-state index contributed by atoms with van der Waals surface area (Å²) in [6.07, 6.45) is 0. The first kappa shape index (κ1) is 13.7. The molecule has 1 aromatic carbocycles. The van der Waals surface area contributed by atoms with Crippen molar-refractivity contribution in [3.05, 3.63) is 23.8 Å². The molecule has 0 amide bonds. The van der Waals surface area contributed by atoms with Gasteiger partial charge < -0.3 is 20.3 Å². The van der Waals surface area contributed by atoms with Crippen molar-refractivity contribution in [2.45, 2.75) is 6.92 Å². The van der Waals surface area contributed by atoms with Crippen LogP contribution in [-0.4, -0.2) is 46.4 Å². The average molecular weight is 262 g/mol. The third-order valence-electron chi connectivity index (χ3n) is 3.19. The van der Waals surface area contributed by atoms with Crippen LogP contribution in [-0.2, 0) is 4.74 Å². The van der Waals surface area contributed by atoms with Gasteiger partial charge in [-0.25, -0.2) is 4.99 Å². The topological polar surface area (TPSA) is 48.9 Å². The Labute approximate surface area is 114 Å². The number of aryl methyl sites for hydroxylation is 1. The molecule has 1 heterocycles. The summed E-state index contributed by atoms with van der Waals surface area (Å²) in [7, 11) is 3.72. The summed E-state index contributed by atoms with van der Waals surface area (Å²) in [6, 6.07) is 6.38. The van der Waals surface area contributed by atoms with Gasteiger partial charge in [0.05, 0.1) is 24.6 Å². The van der Waals surface area contributed by atoms with Crippen LogP contribution < -0.4 is 15.5 Å². The summed E-state index contributed by atoms with van der Waals surface area (Å²) in [4.78, 5) is 6.97. The molecule has 0 aromatic heterocycles. The molecule has 5 nitrogen and oxygen atoms in total. The first-order valence-electron chi connectivity index (χ1n) is 6.62. The van der Waals surface area contributed by atoms with Crippen LogP contribution in [0.15, 0.2) is 23.2 Å². The Morgan fingerprint density at radius 2 is 1.89 bits per heavy atom. The van der Waals surface area contributed by atoms with E-state index in [2.05, 4.69) is 45.6 Å². The first-order valence-corrected chi connectivity index (χ1v) is 6.62. The Kier molecular flexibility index (Phi) is 4.63. The number of hydrogen-bond donors (Lipinski definition) is 2. The van der Waals surface area contributed by atoms with Gasteiger partial charge in [0.15, 0.2) is 5.96 Å². The van der Waals surface area contributed by atoms with Gasteiger partial charge in [0.2, 0.25) is 0 Å². The first-order chi connectivity index (χ1) is 9.24. The van der Waals surface area contributed by atoms with Crippen LogP contribution in [0.1, 0.15) is 5.56 Å². The van der Waals surface area contributed by atoms with Gasteiger partial charge in [-0.05, 0) is 24.6 Å². The minimum Gasteiger partial charge on any atom is -0.378 e. The molecule has 2 rings (SSSR count). The van der Waals surface area contributed by atoms with E-state index >= 15 is 0 Å². The molecule has 1 fully saturated rings. The maximum Gasteiger partial charge on any atom is 0.196 e. The molecule has 0 bridgehead atoms. The van der Waals surface area contributed by atoms with Gasteiger partial charge in [-0.15, -0.1) is 0 Å². The maximum absolute atomic E-state index is 5.41. The van der Waals surface area contributed by atoms with Crippen molar-refractivity contribution < 1.29 is 4.74 Å². The molecule has 0 radical (unpaired) electrons. The van der Waals surface area contributed by atoms with Crippen LogP contribution in [0.4, 0.5) is 11.4 Å². The SMILES string of the molecule is CNC(=Nc1cc(C)ccc1N1CCOCC1)NC. The predicted octanol–water partition coefficient (Wildman–Crippen LogP) is 1.26. The van der Waals surface area contributed by atoms with Crippen molar-refractivity contribution in [2.24, 2.45) is 4.99 Å². The van der Waals surface area contributed by atoms with Crippen LogP contribution in [0.25, 0.3) is 0 Å². The lowest BCUT2D eigenvalue weighted by Gasteiger charge is -2.30. The van der Waals surface area contributed by atoms with Crippen molar-refractivity contribution >= 4 is 17.3 Å². The summed E-state index contributed by atoms with van der Waals surface area (Å²) in [5.41, 5.74) is 3.36. The minimum absolute atomic E-state index is 0.764. The smallest absolute Gasteiger partial charge is 0.196 e. The third kappa shape index (κ3) is 3.38. The molecule has 0 spiro atoms. The molecule has 1 aliphatic heterocycles. The molecule has 1 aliphatic rings. The largest absolute Gasteiger partial charge is 0.378 e. The minimum atomic E-state index is 0.764. The molecule has 19 heavy (non-hydrogen) atoms. The second-order valence-corrected chi connectivity index (χ2v) is 4.55.